The maximum atomic E-state index is 4.08. The van der Waals surface area contributed by atoms with Gasteiger partial charge in [-0.2, -0.15) is 8.75 Å². The van der Waals surface area contributed by atoms with Gasteiger partial charge in [0.05, 0.1) is 17.4 Å². The second kappa shape index (κ2) is 1.82. The fraction of sp³-hybridized carbons (Fsp3) is 0.333. The van der Waals surface area contributed by atoms with Crippen LogP contribution in [-0.4, -0.2) is 8.75 Å². The Hall–Kier alpha value is -0.880. The van der Waals surface area contributed by atoms with Gasteiger partial charge in [-0.25, -0.2) is 0 Å². The zero-order valence-electron chi connectivity index (χ0n) is 4.72. The molecule has 0 saturated heterocycles. The Balaban J connectivity index is 2.60. The number of nitrogens with zero attached hydrogens (tertiary/aromatic N) is 2. The van der Waals surface area contributed by atoms with Crippen molar-refractivity contribution in [3.8, 4) is 11.8 Å². The van der Waals surface area contributed by atoms with Crippen molar-refractivity contribution in [2.75, 3.05) is 0 Å². The average molecular weight is 136 g/mol. The van der Waals surface area contributed by atoms with Gasteiger partial charge < -0.3 is 0 Å². The molecule has 0 unspecified atom stereocenters. The lowest BCUT2D eigenvalue weighted by Crippen LogP contribution is -1.92. The Morgan fingerprint density at radius 1 is 1.44 bits per heavy atom. The topological polar surface area (TPSA) is 25.8 Å². The molecule has 9 heavy (non-hydrogen) atoms. The molecule has 2 rings (SSSR count). The van der Waals surface area contributed by atoms with Crippen LogP contribution in [0.1, 0.15) is 17.8 Å². The highest BCUT2D eigenvalue weighted by molar-refractivity contribution is 6.99. The summed E-state index contributed by atoms with van der Waals surface area (Å²) in [6.07, 6.45) is 1.93. The summed E-state index contributed by atoms with van der Waals surface area (Å²) < 4.78 is 8.10. The molecule has 0 N–H and O–H groups in total. The normalized spacial score (nSPS) is 13.8. The second-order valence-corrected chi connectivity index (χ2v) is 2.39. The average Bonchev–Trinajstić information content (AvgIpc) is 2.33. The van der Waals surface area contributed by atoms with E-state index in [1.807, 2.05) is 0 Å². The summed E-state index contributed by atoms with van der Waals surface area (Å²) in [4.78, 5) is 0. The van der Waals surface area contributed by atoms with E-state index >= 15 is 0 Å². The van der Waals surface area contributed by atoms with E-state index < -0.39 is 0 Å². The number of aromatic nitrogens is 2. The van der Waals surface area contributed by atoms with Gasteiger partial charge in [0.15, 0.2) is 0 Å². The molecule has 1 heterocycles. The zero-order valence-corrected chi connectivity index (χ0v) is 5.53. The predicted molar refractivity (Wildman–Crippen MR) is 35.1 cm³/mol. The molecular formula is C6H4N2S. The third-order valence-electron chi connectivity index (χ3n) is 1.25. The third-order valence-corrected chi connectivity index (χ3v) is 1.82. The van der Waals surface area contributed by atoms with E-state index in [-0.39, 0.29) is 0 Å². The molecule has 0 spiro atoms. The minimum atomic E-state index is 0.895. The van der Waals surface area contributed by atoms with E-state index in [4.69, 9.17) is 0 Å². The van der Waals surface area contributed by atoms with E-state index in [0.29, 0.717) is 0 Å². The molecule has 44 valence electrons. The first kappa shape index (κ1) is 4.95. The van der Waals surface area contributed by atoms with Crippen molar-refractivity contribution in [1.29, 1.82) is 0 Å². The Labute approximate surface area is 57.2 Å². The van der Waals surface area contributed by atoms with Gasteiger partial charge in [0.2, 0.25) is 0 Å². The summed E-state index contributed by atoms with van der Waals surface area (Å²) >= 11 is 1.25. The van der Waals surface area contributed by atoms with Crippen LogP contribution in [0.15, 0.2) is 0 Å². The molecule has 1 aliphatic carbocycles. The van der Waals surface area contributed by atoms with Gasteiger partial charge in [-0.1, -0.05) is 5.92 Å². The number of fused-ring (bicyclic) bond motifs is 1. The van der Waals surface area contributed by atoms with Crippen molar-refractivity contribution >= 4 is 11.7 Å². The van der Waals surface area contributed by atoms with Gasteiger partial charge in [0.25, 0.3) is 0 Å². The van der Waals surface area contributed by atoms with Gasteiger partial charge in [-0.05, 0) is 5.92 Å². The van der Waals surface area contributed by atoms with Gasteiger partial charge in [0.1, 0.15) is 5.69 Å². The molecule has 1 aromatic rings. The third kappa shape index (κ3) is 0.718. The van der Waals surface area contributed by atoms with Crippen molar-refractivity contribution in [2.24, 2.45) is 0 Å². The Bertz CT molecular complexity index is 279. The van der Waals surface area contributed by atoms with Crippen molar-refractivity contribution in [2.45, 2.75) is 12.8 Å². The zero-order chi connectivity index (χ0) is 6.10. The van der Waals surface area contributed by atoms with Crippen molar-refractivity contribution < 1.29 is 0 Å². The van der Waals surface area contributed by atoms with Crippen LogP contribution in [0.4, 0.5) is 0 Å². The van der Waals surface area contributed by atoms with Crippen molar-refractivity contribution in [3.63, 3.8) is 0 Å². The van der Waals surface area contributed by atoms with E-state index in [0.717, 1.165) is 24.2 Å². The number of rotatable bonds is 0. The summed E-state index contributed by atoms with van der Waals surface area (Å²) in [6, 6.07) is 0. The number of hydrogen-bond acceptors (Lipinski definition) is 3. The van der Waals surface area contributed by atoms with Crippen molar-refractivity contribution in [1.82, 2.24) is 8.75 Å². The van der Waals surface area contributed by atoms with E-state index in [9.17, 15) is 0 Å². The minimum absolute atomic E-state index is 0.895. The molecule has 0 bridgehead atoms. The van der Waals surface area contributed by atoms with Gasteiger partial charge in [-0.3, -0.25) is 0 Å². The fourth-order valence-electron chi connectivity index (χ4n) is 0.793. The summed E-state index contributed by atoms with van der Waals surface area (Å²) in [6.45, 7) is 0. The molecular weight excluding hydrogens is 132 g/mol. The highest BCUT2D eigenvalue weighted by Crippen LogP contribution is 2.09. The van der Waals surface area contributed by atoms with E-state index in [2.05, 4.69) is 20.6 Å². The first-order valence-corrected chi connectivity index (χ1v) is 3.50. The molecule has 1 aliphatic rings. The van der Waals surface area contributed by atoms with Crippen LogP contribution < -0.4 is 0 Å². The Kier molecular flexibility index (Phi) is 0.998. The van der Waals surface area contributed by atoms with Crippen LogP contribution in [0, 0.1) is 11.8 Å². The smallest absolute Gasteiger partial charge is 0.150 e. The SMILES string of the molecule is C1#Cc2nsnc2CC1. The fourth-order valence-corrected chi connectivity index (χ4v) is 1.34. The molecule has 1 aromatic heterocycles. The molecule has 0 amide bonds. The summed E-state index contributed by atoms with van der Waals surface area (Å²) in [5, 5.41) is 0. The quantitative estimate of drug-likeness (QED) is 0.494. The maximum Gasteiger partial charge on any atom is 0.150 e. The van der Waals surface area contributed by atoms with Gasteiger partial charge in [0, 0.05) is 12.8 Å². The van der Waals surface area contributed by atoms with Crippen LogP contribution in [0.25, 0.3) is 0 Å². The maximum absolute atomic E-state index is 4.08. The van der Waals surface area contributed by atoms with E-state index in [1.54, 1.807) is 0 Å². The van der Waals surface area contributed by atoms with Crippen LogP contribution >= 0.6 is 11.7 Å². The van der Waals surface area contributed by atoms with Crippen LogP contribution in [0.3, 0.4) is 0 Å². The second-order valence-electron chi connectivity index (χ2n) is 1.86. The summed E-state index contributed by atoms with van der Waals surface area (Å²) in [5.74, 6) is 5.91. The van der Waals surface area contributed by atoms with Gasteiger partial charge >= 0.3 is 0 Å². The molecule has 0 aromatic carbocycles. The number of aryl methyl sites for hydroxylation is 1. The minimum Gasteiger partial charge on any atom is -0.177 e. The first-order chi connectivity index (χ1) is 4.47. The first-order valence-electron chi connectivity index (χ1n) is 2.77. The molecule has 0 fully saturated rings. The van der Waals surface area contributed by atoms with Crippen LogP contribution in [0.2, 0.25) is 0 Å². The van der Waals surface area contributed by atoms with E-state index in [1.165, 1.54) is 11.7 Å². The Morgan fingerprint density at radius 2 is 2.44 bits per heavy atom. The standard InChI is InChI=1S/C6H4N2S/c1-2-4-6-5(3-1)7-9-8-6/h1,3H2. The van der Waals surface area contributed by atoms with Crippen LogP contribution in [0.5, 0.6) is 0 Å². The predicted octanol–water partition coefficient (Wildman–Crippen LogP) is 0.836. The monoisotopic (exact) mass is 136 g/mol. The summed E-state index contributed by atoms with van der Waals surface area (Å²) in [7, 11) is 0. The highest BCUT2D eigenvalue weighted by atomic mass is 32.1. The molecule has 0 saturated carbocycles. The molecule has 0 radical (unpaired) electrons. The molecule has 3 heteroatoms. The highest BCUT2D eigenvalue weighted by Gasteiger charge is 2.06. The Morgan fingerprint density at radius 3 is 3.33 bits per heavy atom. The number of hydrogen-bond donors (Lipinski definition) is 0. The summed E-state index contributed by atoms with van der Waals surface area (Å²) in [5.41, 5.74) is 1.98. The van der Waals surface area contributed by atoms with Gasteiger partial charge in [-0.15, -0.1) is 0 Å². The molecule has 2 nitrogen and oxygen atoms in total. The van der Waals surface area contributed by atoms with Crippen LogP contribution in [-0.2, 0) is 6.42 Å². The lowest BCUT2D eigenvalue weighted by atomic mass is 10.1. The van der Waals surface area contributed by atoms with Crippen molar-refractivity contribution in [3.05, 3.63) is 11.4 Å². The molecule has 0 atom stereocenters. The lowest BCUT2D eigenvalue weighted by Gasteiger charge is -1.93. The largest absolute Gasteiger partial charge is 0.177 e. The lowest BCUT2D eigenvalue weighted by molar-refractivity contribution is 0.968. The molecule has 0 aliphatic heterocycles.